The second-order valence-electron chi connectivity index (χ2n) is 12.4. The fraction of sp³-hybridized carbons (Fsp3) is 0.0870. The zero-order valence-electron chi connectivity index (χ0n) is 28.1. The summed E-state index contributed by atoms with van der Waals surface area (Å²) in [7, 11) is 3.37. The van der Waals surface area contributed by atoms with Gasteiger partial charge in [-0.25, -0.2) is 0 Å². The Labute approximate surface area is 292 Å². The van der Waals surface area contributed by atoms with Crippen molar-refractivity contribution in [2.45, 2.75) is 13.2 Å². The summed E-state index contributed by atoms with van der Waals surface area (Å²) < 4.78 is 24.7. The van der Waals surface area contributed by atoms with Crippen molar-refractivity contribution in [3.05, 3.63) is 167 Å². The molecule has 1 aliphatic heterocycles. The second-order valence-corrected chi connectivity index (χ2v) is 12.4. The van der Waals surface area contributed by atoms with Gasteiger partial charge in [-0.2, -0.15) is 0 Å². The van der Waals surface area contributed by atoms with Crippen LogP contribution in [-0.2, 0) is 13.2 Å². The molecule has 0 amide bonds. The Kier molecular flexibility index (Phi) is 8.50. The molecule has 0 atom stereocenters. The van der Waals surface area contributed by atoms with Crippen LogP contribution >= 0.6 is 0 Å². The predicted octanol–water partition coefficient (Wildman–Crippen LogP) is 11.5. The summed E-state index contributed by atoms with van der Waals surface area (Å²) in [4.78, 5) is 0. The van der Waals surface area contributed by atoms with Crippen LogP contribution in [0.1, 0.15) is 33.4 Å². The number of hydrogen-bond acceptors (Lipinski definition) is 4. The minimum Gasteiger partial charge on any atom is -0.497 e. The number of methoxy groups -OCH3 is 2. The van der Waals surface area contributed by atoms with Crippen molar-refractivity contribution in [3.63, 3.8) is 0 Å². The van der Waals surface area contributed by atoms with E-state index < -0.39 is 0 Å². The minimum absolute atomic E-state index is 0.423. The van der Waals surface area contributed by atoms with Gasteiger partial charge in [-0.3, -0.25) is 0 Å². The third kappa shape index (κ3) is 6.20. The van der Waals surface area contributed by atoms with Crippen LogP contribution in [0.5, 0.6) is 23.0 Å². The molecule has 244 valence electrons. The Hall–Kier alpha value is -6.26. The lowest BCUT2D eigenvalue weighted by Gasteiger charge is -2.22. The largest absolute Gasteiger partial charge is 0.497 e. The molecular formula is C46H36O4. The van der Waals surface area contributed by atoms with E-state index in [0.29, 0.717) is 13.2 Å². The molecule has 0 aromatic heterocycles. The molecule has 7 aromatic carbocycles. The molecule has 7 aromatic rings. The predicted molar refractivity (Wildman–Crippen MR) is 206 cm³/mol. The summed E-state index contributed by atoms with van der Waals surface area (Å²) in [6.45, 7) is 0.847. The fourth-order valence-electron chi connectivity index (χ4n) is 6.68. The Bertz CT molecular complexity index is 2220. The maximum absolute atomic E-state index is 6.96. The van der Waals surface area contributed by atoms with Crippen molar-refractivity contribution in [2.24, 2.45) is 0 Å². The summed E-state index contributed by atoms with van der Waals surface area (Å²) in [5.41, 5.74) is 8.31. The highest BCUT2D eigenvalue weighted by atomic mass is 16.5. The van der Waals surface area contributed by atoms with Gasteiger partial charge in [0.1, 0.15) is 36.2 Å². The molecule has 0 unspecified atom stereocenters. The molecule has 0 radical (unpaired) electrons. The van der Waals surface area contributed by atoms with E-state index in [1.807, 2.05) is 24.3 Å². The molecule has 0 aliphatic carbocycles. The van der Waals surface area contributed by atoms with E-state index >= 15 is 0 Å². The number of fused-ring (bicyclic) bond motifs is 9. The number of benzene rings is 7. The zero-order valence-corrected chi connectivity index (χ0v) is 28.1. The third-order valence-electron chi connectivity index (χ3n) is 9.21. The Morgan fingerprint density at radius 2 is 0.900 bits per heavy atom. The first-order valence-electron chi connectivity index (χ1n) is 16.8. The van der Waals surface area contributed by atoms with E-state index in [-0.39, 0.29) is 0 Å². The molecule has 8 rings (SSSR count). The summed E-state index contributed by atoms with van der Waals surface area (Å²) in [5, 5.41) is 4.44. The molecule has 4 heteroatoms. The first-order chi connectivity index (χ1) is 24.7. The summed E-state index contributed by atoms with van der Waals surface area (Å²) in [5.74, 6) is 3.28. The summed E-state index contributed by atoms with van der Waals surface area (Å²) in [6, 6.07) is 46.2. The van der Waals surface area contributed by atoms with Crippen LogP contribution in [0.3, 0.4) is 0 Å². The number of rotatable bonds is 6. The van der Waals surface area contributed by atoms with Crippen LogP contribution in [0.25, 0.3) is 57.0 Å². The smallest absolute Gasteiger partial charge is 0.135 e. The minimum atomic E-state index is 0.423. The molecule has 2 bridgehead atoms. The van der Waals surface area contributed by atoms with Crippen LogP contribution in [0.2, 0.25) is 0 Å². The quantitative estimate of drug-likeness (QED) is 0.168. The highest BCUT2D eigenvalue weighted by molar-refractivity contribution is 6.12. The Morgan fingerprint density at radius 3 is 1.34 bits per heavy atom. The molecular weight excluding hydrogens is 617 g/mol. The molecule has 0 fully saturated rings. The van der Waals surface area contributed by atoms with Crippen LogP contribution in [0.4, 0.5) is 0 Å². The van der Waals surface area contributed by atoms with Crippen molar-refractivity contribution in [1.29, 1.82) is 0 Å². The van der Waals surface area contributed by atoms with Gasteiger partial charge in [0, 0.05) is 22.3 Å². The highest BCUT2D eigenvalue weighted by Crippen LogP contribution is 2.50. The average Bonchev–Trinajstić information content (AvgIpc) is 3.19. The first kappa shape index (κ1) is 31.0. The van der Waals surface area contributed by atoms with Gasteiger partial charge >= 0.3 is 0 Å². The van der Waals surface area contributed by atoms with Gasteiger partial charge < -0.3 is 18.9 Å². The van der Waals surface area contributed by atoms with Crippen LogP contribution in [0.15, 0.2) is 133 Å². The molecule has 4 nitrogen and oxygen atoms in total. The average molecular weight is 653 g/mol. The maximum atomic E-state index is 6.96. The van der Waals surface area contributed by atoms with Crippen molar-refractivity contribution in [2.75, 3.05) is 14.2 Å². The van der Waals surface area contributed by atoms with Gasteiger partial charge in [-0.15, -0.1) is 0 Å². The Balaban J connectivity index is 1.41. The molecule has 0 saturated heterocycles. The van der Waals surface area contributed by atoms with E-state index in [4.69, 9.17) is 18.9 Å². The molecule has 0 spiro atoms. The lowest BCUT2D eigenvalue weighted by Crippen LogP contribution is -2.01. The van der Waals surface area contributed by atoms with Crippen LogP contribution < -0.4 is 18.9 Å². The second kappa shape index (κ2) is 13.7. The normalized spacial score (nSPS) is 12.6. The molecule has 1 heterocycles. The maximum Gasteiger partial charge on any atom is 0.135 e. The third-order valence-corrected chi connectivity index (χ3v) is 9.21. The van der Waals surface area contributed by atoms with E-state index in [0.717, 1.165) is 89.1 Å². The fourth-order valence-corrected chi connectivity index (χ4v) is 6.68. The van der Waals surface area contributed by atoms with Crippen LogP contribution in [0, 0.1) is 0 Å². The van der Waals surface area contributed by atoms with Gasteiger partial charge in [0.2, 0.25) is 0 Å². The molecule has 0 N–H and O–H groups in total. The van der Waals surface area contributed by atoms with Crippen molar-refractivity contribution in [3.8, 4) is 34.1 Å². The summed E-state index contributed by atoms with van der Waals surface area (Å²) >= 11 is 0. The molecule has 50 heavy (non-hydrogen) atoms. The number of hydrogen-bond donors (Lipinski definition) is 0. The van der Waals surface area contributed by atoms with Gasteiger partial charge in [-0.05, 0) is 86.3 Å². The van der Waals surface area contributed by atoms with Crippen molar-refractivity contribution < 1.29 is 18.9 Å². The van der Waals surface area contributed by atoms with Gasteiger partial charge in [0.15, 0.2) is 0 Å². The topological polar surface area (TPSA) is 36.9 Å². The van der Waals surface area contributed by atoms with E-state index in [1.165, 1.54) is 0 Å². The van der Waals surface area contributed by atoms with Gasteiger partial charge in [-0.1, -0.05) is 115 Å². The van der Waals surface area contributed by atoms with Gasteiger partial charge in [0.25, 0.3) is 0 Å². The standard InChI is InChI=1S/C46H36O4/c1-47-39-22-16-31(17-23-39)14-20-37-27-35-10-3-5-12-41(35)43-44-42-13-6-4-11-36(42)28-38(21-15-32-18-24-40(48-2)25-19-32)46(44)50-30-34-9-7-8-33(26-34)29-49-45(37)43/h3-28H,29-30H2,1-2H3/b20-14+,21-15+. The van der Waals surface area contributed by atoms with E-state index in [9.17, 15) is 0 Å². The lowest BCUT2D eigenvalue weighted by atomic mass is 9.88. The number of ether oxygens (including phenoxy) is 4. The zero-order chi connectivity index (χ0) is 33.9. The van der Waals surface area contributed by atoms with Crippen molar-refractivity contribution in [1.82, 2.24) is 0 Å². The first-order valence-corrected chi connectivity index (χ1v) is 16.8. The lowest BCUT2D eigenvalue weighted by molar-refractivity contribution is 0.305. The van der Waals surface area contributed by atoms with E-state index in [2.05, 4.69) is 133 Å². The SMILES string of the molecule is COc1ccc(/C=C/c2cc3ccccc3c3c2OCc2cccc(c2)COc2c(/C=C/c4ccc(OC)cc4)cc4ccccc4c2-3)cc1. The monoisotopic (exact) mass is 652 g/mol. The van der Waals surface area contributed by atoms with Crippen LogP contribution in [-0.4, -0.2) is 14.2 Å². The van der Waals surface area contributed by atoms with Gasteiger partial charge in [0.05, 0.1) is 14.2 Å². The molecule has 0 saturated carbocycles. The molecule has 1 aliphatic rings. The van der Waals surface area contributed by atoms with E-state index in [1.54, 1.807) is 14.2 Å². The van der Waals surface area contributed by atoms with Crippen molar-refractivity contribution >= 4 is 45.8 Å². The highest BCUT2D eigenvalue weighted by Gasteiger charge is 2.24. The Morgan fingerprint density at radius 1 is 0.460 bits per heavy atom. The summed E-state index contributed by atoms with van der Waals surface area (Å²) in [6.07, 6.45) is 8.56.